The van der Waals surface area contributed by atoms with Gasteiger partial charge in [0, 0.05) is 12.3 Å². The summed E-state index contributed by atoms with van der Waals surface area (Å²) >= 11 is 0. The maximum absolute atomic E-state index is 12.5. The second-order valence-electron chi connectivity index (χ2n) is 11.4. The monoisotopic (exact) mass is 606 g/mol. The molecule has 0 bridgehead atoms. The van der Waals surface area contributed by atoms with Crippen LogP contribution < -0.4 is 0 Å². The molecular formula is C27H42O15. The van der Waals surface area contributed by atoms with E-state index in [1.54, 1.807) is 0 Å². The average molecular weight is 607 g/mol. The first-order valence-corrected chi connectivity index (χ1v) is 14.0. The Morgan fingerprint density at radius 1 is 0.810 bits per heavy atom. The normalized spacial score (nSPS) is 42.0. The van der Waals surface area contributed by atoms with Gasteiger partial charge in [0.05, 0.1) is 38.6 Å². The summed E-state index contributed by atoms with van der Waals surface area (Å²) in [5, 5.41) is 79.8. The van der Waals surface area contributed by atoms with Crippen LogP contribution in [0.2, 0.25) is 0 Å². The predicted molar refractivity (Wildman–Crippen MR) is 138 cm³/mol. The smallest absolute Gasteiger partial charge is 0.309 e. The predicted octanol–water partition coefficient (Wildman–Crippen LogP) is -2.99. The quantitative estimate of drug-likeness (QED) is 0.0865. The van der Waals surface area contributed by atoms with Crippen LogP contribution in [-0.2, 0) is 33.2 Å². The van der Waals surface area contributed by atoms with Crippen LogP contribution in [0.1, 0.15) is 26.7 Å². The largest absolute Gasteiger partial charge is 0.462 e. The third-order valence-corrected chi connectivity index (χ3v) is 7.97. The summed E-state index contributed by atoms with van der Waals surface area (Å²) in [7, 11) is 0. The van der Waals surface area contributed by atoms with Crippen LogP contribution in [0.25, 0.3) is 0 Å². The molecule has 0 aromatic rings. The lowest BCUT2D eigenvalue weighted by Crippen LogP contribution is -2.59. The van der Waals surface area contributed by atoms with E-state index in [0.29, 0.717) is 17.6 Å². The molecule has 2 saturated heterocycles. The highest BCUT2D eigenvalue weighted by Gasteiger charge is 2.48. The van der Waals surface area contributed by atoms with Crippen molar-refractivity contribution in [1.82, 2.24) is 0 Å². The van der Waals surface area contributed by atoms with Gasteiger partial charge in [0.25, 0.3) is 0 Å². The molecule has 240 valence electrons. The van der Waals surface area contributed by atoms with Crippen molar-refractivity contribution >= 4 is 5.97 Å². The number of aliphatic hydroxyl groups excluding tert-OH is 8. The number of allylic oxidation sites excluding steroid dienone is 1. The van der Waals surface area contributed by atoms with Crippen LogP contribution in [-0.4, -0.2) is 141 Å². The van der Waals surface area contributed by atoms with Gasteiger partial charge in [-0.3, -0.25) is 4.79 Å². The van der Waals surface area contributed by atoms with Crippen LogP contribution in [0.3, 0.4) is 0 Å². The molecule has 4 aliphatic rings. The molecule has 0 aromatic heterocycles. The lowest BCUT2D eigenvalue weighted by molar-refractivity contribution is -0.300. The SMILES string of the molecule is CC(C)CC(=O)O[C@@H]1OC=C(CO[C@@H]2O[C@H](CO)[C@@H](O)[C@H](O)[C@H]2O)[C@H]2CC=C(CO[C@@H]3O[C@H](CO)[C@@H](O)[C@H](O)[C@H]3O)[C@@H]12. The molecule has 2 fully saturated rings. The number of carbonyl (C=O) groups is 1. The van der Waals surface area contributed by atoms with E-state index in [0.717, 1.165) is 0 Å². The standard InChI is InChI=1S/C27H42O15/c1-11(2)5-17(30)42-25-18-12(8-38-26-23(35)21(33)19(31)15(6-28)40-26)3-4-14(18)13(9-37-25)10-39-27-24(36)22(34)20(32)16(7-29)41-27/h3,9,11,14-16,18-29,31-36H,4-8,10H2,1-2H3/t14-,15-,16-,18-,19-,20-,21+,22+,23-,24-,25+,26-,27-/m1/s1. The van der Waals surface area contributed by atoms with Crippen molar-refractivity contribution in [3.63, 3.8) is 0 Å². The van der Waals surface area contributed by atoms with E-state index < -0.39 is 92.8 Å². The van der Waals surface area contributed by atoms with Gasteiger partial charge >= 0.3 is 5.97 Å². The third-order valence-electron chi connectivity index (χ3n) is 7.97. The van der Waals surface area contributed by atoms with Crippen LogP contribution >= 0.6 is 0 Å². The topological polar surface area (TPSA) is 234 Å². The van der Waals surface area contributed by atoms with Crippen molar-refractivity contribution in [2.24, 2.45) is 17.8 Å². The van der Waals surface area contributed by atoms with E-state index >= 15 is 0 Å². The summed E-state index contributed by atoms with van der Waals surface area (Å²) in [6.07, 6.45) is -11.6. The molecule has 3 aliphatic heterocycles. The number of hydrogen-bond donors (Lipinski definition) is 8. The molecule has 15 nitrogen and oxygen atoms in total. The average Bonchev–Trinajstić information content (AvgIpc) is 3.39. The molecule has 0 aromatic carbocycles. The zero-order valence-corrected chi connectivity index (χ0v) is 23.4. The van der Waals surface area contributed by atoms with Crippen LogP contribution in [0.4, 0.5) is 0 Å². The van der Waals surface area contributed by atoms with Crippen LogP contribution in [0.15, 0.2) is 23.5 Å². The first kappa shape index (κ1) is 33.2. The van der Waals surface area contributed by atoms with Gasteiger partial charge in [0.15, 0.2) is 12.6 Å². The van der Waals surface area contributed by atoms with Crippen molar-refractivity contribution in [2.75, 3.05) is 26.4 Å². The molecule has 15 heteroatoms. The Bertz CT molecular complexity index is 967. The number of fused-ring (bicyclic) bond motifs is 1. The van der Waals surface area contributed by atoms with Gasteiger partial charge < -0.3 is 69.3 Å². The molecule has 1 aliphatic carbocycles. The van der Waals surface area contributed by atoms with Crippen molar-refractivity contribution in [3.05, 3.63) is 23.5 Å². The third kappa shape index (κ3) is 7.14. The molecule has 0 radical (unpaired) electrons. The summed E-state index contributed by atoms with van der Waals surface area (Å²) in [5.74, 6) is -1.29. The Hall–Kier alpha value is -1.73. The summed E-state index contributed by atoms with van der Waals surface area (Å²) in [6.45, 7) is 2.26. The molecule has 4 rings (SSSR count). The van der Waals surface area contributed by atoms with E-state index in [1.165, 1.54) is 6.26 Å². The second kappa shape index (κ2) is 14.4. The van der Waals surface area contributed by atoms with Gasteiger partial charge in [-0.15, -0.1) is 0 Å². The Labute approximate surface area is 242 Å². The van der Waals surface area contributed by atoms with E-state index in [9.17, 15) is 45.6 Å². The van der Waals surface area contributed by atoms with Crippen LogP contribution in [0.5, 0.6) is 0 Å². The van der Waals surface area contributed by atoms with Crippen LogP contribution in [0, 0.1) is 17.8 Å². The zero-order chi connectivity index (χ0) is 30.7. The highest BCUT2D eigenvalue weighted by Crippen LogP contribution is 2.44. The fraction of sp³-hybridized carbons (Fsp3) is 0.815. The summed E-state index contributed by atoms with van der Waals surface area (Å²) < 4.78 is 33.8. The molecule has 3 heterocycles. The molecule has 0 spiro atoms. The number of esters is 1. The van der Waals surface area contributed by atoms with Gasteiger partial charge in [-0.1, -0.05) is 19.9 Å². The number of rotatable bonds is 11. The molecule has 0 unspecified atom stereocenters. The Balaban J connectivity index is 1.45. The Kier molecular flexibility index (Phi) is 11.3. The minimum atomic E-state index is -1.61. The molecule has 0 saturated carbocycles. The van der Waals surface area contributed by atoms with E-state index in [2.05, 4.69) is 0 Å². The Morgan fingerprint density at radius 3 is 1.83 bits per heavy atom. The number of hydrogen-bond acceptors (Lipinski definition) is 15. The maximum Gasteiger partial charge on any atom is 0.309 e. The highest BCUT2D eigenvalue weighted by atomic mass is 16.7. The minimum absolute atomic E-state index is 0.0445. The number of carbonyl (C=O) groups excluding carboxylic acids is 1. The van der Waals surface area contributed by atoms with Crippen molar-refractivity contribution in [3.8, 4) is 0 Å². The molecule has 8 N–H and O–H groups in total. The number of aliphatic hydroxyl groups is 8. The van der Waals surface area contributed by atoms with Crippen molar-refractivity contribution < 1.29 is 74.1 Å². The minimum Gasteiger partial charge on any atom is -0.462 e. The summed E-state index contributed by atoms with van der Waals surface area (Å²) in [5.41, 5.74) is 1.24. The highest BCUT2D eigenvalue weighted by molar-refractivity contribution is 5.69. The number of ether oxygens (including phenoxy) is 6. The van der Waals surface area contributed by atoms with Gasteiger partial charge in [-0.05, 0) is 23.5 Å². The molecule has 13 atom stereocenters. The van der Waals surface area contributed by atoms with Gasteiger partial charge in [-0.2, -0.15) is 0 Å². The maximum atomic E-state index is 12.5. The van der Waals surface area contributed by atoms with Gasteiger partial charge in [0.1, 0.15) is 48.8 Å². The second-order valence-corrected chi connectivity index (χ2v) is 11.4. The summed E-state index contributed by atoms with van der Waals surface area (Å²) in [4.78, 5) is 12.5. The zero-order valence-electron chi connectivity index (χ0n) is 23.4. The molecular weight excluding hydrogens is 564 g/mol. The summed E-state index contributed by atoms with van der Waals surface area (Å²) in [6, 6.07) is 0. The first-order valence-electron chi connectivity index (χ1n) is 14.0. The van der Waals surface area contributed by atoms with Gasteiger partial charge in [0.2, 0.25) is 6.29 Å². The fourth-order valence-electron chi connectivity index (χ4n) is 5.57. The lowest BCUT2D eigenvalue weighted by atomic mass is 9.83. The lowest BCUT2D eigenvalue weighted by Gasteiger charge is -2.41. The van der Waals surface area contributed by atoms with E-state index in [-0.39, 0.29) is 31.5 Å². The molecule has 0 amide bonds. The Morgan fingerprint density at radius 2 is 1.33 bits per heavy atom. The van der Waals surface area contributed by atoms with Gasteiger partial charge in [-0.25, -0.2) is 0 Å². The first-order chi connectivity index (χ1) is 20.0. The fourth-order valence-corrected chi connectivity index (χ4v) is 5.57. The van der Waals surface area contributed by atoms with E-state index in [1.807, 2.05) is 19.9 Å². The molecule has 42 heavy (non-hydrogen) atoms. The van der Waals surface area contributed by atoms with E-state index in [4.69, 9.17) is 28.4 Å². The van der Waals surface area contributed by atoms with Crippen molar-refractivity contribution in [2.45, 2.75) is 94.4 Å². The van der Waals surface area contributed by atoms with Crippen molar-refractivity contribution in [1.29, 1.82) is 0 Å².